The molecule has 0 saturated carbocycles. The molecule has 0 aliphatic rings. The molecule has 19 heavy (non-hydrogen) atoms. The van der Waals surface area contributed by atoms with E-state index in [-0.39, 0.29) is 6.04 Å². The molecule has 0 aliphatic heterocycles. The molecule has 6 nitrogen and oxygen atoms in total. The summed E-state index contributed by atoms with van der Waals surface area (Å²) >= 11 is 0. The quantitative estimate of drug-likeness (QED) is 0.601. The Kier molecular flexibility index (Phi) is 4.59. The van der Waals surface area contributed by atoms with Crippen molar-refractivity contribution in [3.8, 4) is 0 Å². The summed E-state index contributed by atoms with van der Waals surface area (Å²) in [6.07, 6.45) is 5.10. The van der Waals surface area contributed by atoms with Crippen LogP contribution in [0.25, 0.3) is 0 Å². The smallest absolute Gasteiger partial charge is 0.138 e. The van der Waals surface area contributed by atoms with Crippen molar-refractivity contribution in [2.45, 2.75) is 39.3 Å². The average Bonchev–Trinajstić information content (AvgIpc) is 2.85. The van der Waals surface area contributed by atoms with Crippen molar-refractivity contribution in [2.75, 3.05) is 0 Å². The van der Waals surface area contributed by atoms with Gasteiger partial charge in [-0.3, -0.25) is 20.9 Å². The third kappa shape index (κ3) is 3.15. The zero-order valence-electron chi connectivity index (χ0n) is 11.4. The lowest BCUT2D eigenvalue weighted by Gasteiger charge is -2.17. The highest BCUT2D eigenvalue weighted by Crippen LogP contribution is 2.18. The fourth-order valence-electron chi connectivity index (χ4n) is 2.15. The largest absolute Gasteiger partial charge is 0.271 e. The number of rotatable bonds is 6. The van der Waals surface area contributed by atoms with Gasteiger partial charge in [-0.25, -0.2) is 4.98 Å². The molecule has 0 radical (unpaired) electrons. The van der Waals surface area contributed by atoms with Gasteiger partial charge in [-0.1, -0.05) is 13.0 Å². The lowest BCUT2D eigenvalue weighted by atomic mass is 10.0. The zero-order chi connectivity index (χ0) is 13.7. The van der Waals surface area contributed by atoms with Gasteiger partial charge in [-0.15, -0.1) is 0 Å². The van der Waals surface area contributed by atoms with E-state index in [1.54, 1.807) is 12.5 Å². The van der Waals surface area contributed by atoms with Crippen molar-refractivity contribution < 1.29 is 0 Å². The minimum Gasteiger partial charge on any atom is -0.271 e. The standard InChI is InChI=1S/C13H20N6/c1-3-7-19-13(16-9-17-19)8-12(18-14)11-5-4-6-15-10(11)2/h4-6,9,12,18H,3,7-8,14H2,1-2H3. The van der Waals surface area contributed by atoms with Crippen LogP contribution in [0.1, 0.15) is 36.5 Å². The summed E-state index contributed by atoms with van der Waals surface area (Å²) in [7, 11) is 0. The van der Waals surface area contributed by atoms with Crippen LogP contribution in [-0.2, 0) is 13.0 Å². The Morgan fingerprint density at radius 1 is 1.42 bits per heavy atom. The lowest BCUT2D eigenvalue weighted by molar-refractivity contribution is 0.496. The van der Waals surface area contributed by atoms with Crippen LogP contribution in [0.4, 0.5) is 0 Å². The van der Waals surface area contributed by atoms with Crippen molar-refractivity contribution in [2.24, 2.45) is 5.84 Å². The Morgan fingerprint density at radius 2 is 2.26 bits per heavy atom. The van der Waals surface area contributed by atoms with Gasteiger partial charge in [0.25, 0.3) is 0 Å². The first-order valence-electron chi connectivity index (χ1n) is 6.50. The van der Waals surface area contributed by atoms with E-state index in [0.29, 0.717) is 6.42 Å². The molecule has 0 aromatic carbocycles. The number of nitrogens with one attached hydrogen (secondary N) is 1. The van der Waals surface area contributed by atoms with E-state index in [1.165, 1.54) is 0 Å². The van der Waals surface area contributed by atoms with Crippen LogP contribution in [0.15, 0.2) is 24.7 Å². The number of nitrogens with two attached hydrogens (primary N) is 1. The third-order valence-corrected chi connectivity index (χ3v) is 3.14. The summed E-state index contributed by atoms with van der Waals surface area (Å²) in [5, 5.41) is 4.23. The van der Waals surface area contributed by atoms with E-state index in [1.807, 2.05) is 23.7 Å². The maximum absolute atomic E-state index is 5.68. The van der Waals surface area contributed by atoms with Gasteiger partial charge in [0.15, 0.2) is 0 Å². The van der Waals surface area contributed by atoms with Crippen molar-refractivity contribution in [1.29, 1.82) is 0 Å². The van der Waals surface area contributed by atoms with Gasteiger partial charge in [0.05, 0.1) is 6.04 Å². The Bertz CT molecular complexity index is 521. The normalized spacial score (nSPS) is 12.6. The van der Waals surface area contributed by atoms with Crippen molar-refractivity contribution in [1.82, 2.24) is 25.2 Å². The minimum atomic E-state index is -0.00601. The predicted molar refractivity (Wildman–Crippen MR) is 73.1 cm³/mol. The molecule has 102 valence electrons. The topological polar surface area (TPSA) is 81.7 Å². The maximum atomic E-state index is 5.68. The van der Waals surface area contributed by atoms with Gasteiger partial charge >= 0.3 is 0 Å². The highest BCUT2D eigenvalue weighted by atomic mass is 15.3. The highest BCUT2D eigenvalue weighted by Gasteiger charge is 2.16. The number of pyridine rings is 1. The summed E-state index contributed by atoms with van der Waals surface area (Å²) in [5.74, 6) is 6.62. The van der Waals surface area contributed by atoms with Crippen LogP contribution in [-0.4, -0.2) is 19.7 Å². The molecular weight excluding hydrogens is 240 g/mol. The number of aryl methyl sites for hydroxylation is 2. The van der Waals surface area contributed by atoms with Gasteiger partial charge < -0.3 is 0 Å². The predicted octanol–water partition coefficient (Wildman–Crippen LogP) is 1.14. The first kappa shape index (κ1) is 13.6. The van der Waals surface area contributed by atoms with Gasteiger partial charge in [0.1, 0.15) is 12.2 Å². The molecule has 0 amide bonds. The van der Waals surface area contributed by atoms with Crippen molar-refractivity contribution in [3.63, 3.8) is 0 Å². The molecule has 0 fully saturated rings. The molecule has 6 heteroatoms. The zero-order valence-corrected chi connectivity index (χ0v) is 11.4. The van der Waals surface area contributed by atoms with Crippen LogP contribution in [0.2, 0.25) is 0 Å². The van der Waals surface area contributed by atoms with Gasteiger partial charge in [-0.05, 0) is 25.0 Å². The number of nitrogens with zero attached hydrogens (tertiary/aromatic N) is 4. The van der Waals surface area contributed by atoms with Crippen LogP contribution < -0.4 is 11.3 Å². The SMILES string of the molecule is CCCn1ncnc1CC(NN)c1cccnc1C. The Morgan fingerprint density at radius 3 is 2.95 bits per heavy atom. The Hall–Kier alpha value is -1.79. The molecule has 2 rings (SSSR count). The van der Waals surface area contributed by atoms with E-state index in [4.69, 9.17) is 5.84 Å². The third-order valence-electron chi connectivity index (χ3n) is 3.14. The number of hydrogen-bond donors (Lipinski definition) is 2. The first-order chi connectivity index (χ1) is 9.26. The highest BCUT2D eigenvalue weighted by molar-refractivity contribution is 5.23. The van der Waals surface area contributed by atoms with Crippen LogP contribution in [0.5, 0.6) is 0 Å². The second kappa shape index (κ2) is 6.40. The van der Waals surface area contributed by atoms with Crippen LogP contribution >= 0.6 is 0 Å². The van der Waals surface area contributed by atoms with E-state index < -0.39 is 0 Å². The van der Waals surface area contributed by atoms with Crippen molar-refractivity contribution >= 4 is 0 Å². The molecule has 1 unspecified atom stereocenters. The first-order valence-corrected chi connectivity index (χ1v) is 6.50. The van der Waals surface area contributed by atoms with Crippen LogP contribution in [0, 0.1) is 6.92 Å². The van der Waals surface area contributed by atoms with E-state index in [9.17, 15) is 0 Å². The molecule has 2 heterocycles. The summed E-state index contributed by atoms with van der Waals surface area (Å²) in [6.45, 7) is 4.98. The molecule has 0 spiro atoms. The molecule has 0 bridgehead atoms. The molecular formula is C13H20N6. The van der Waals surface area contributed by atoms with Crippen molar-refractivity contribution in [3.05, 3.63) is 41.7 Å². The average molecular weight is 260 g/mol. The maximum Gasteiger partial charge on any atom is 0.138 e. The second-order valence-corrected chi connectivity index (χ2v) is 4.50. The van der Waals surface area contributed by atoms with Gasteiger partial charge in [-0.2, -0.15) is 5.10 Å². The lowest BCUT2D eigenvalue weighted by Crippen LogP contribution is -2.31. The molecule has 2 aromatic rings. The van der Waals surface area contributed by atoms with Gasteiger partial charge in [0, 0.05) is 24.9 Å². The molecule has 3 N–H and O–H groups in total. The fraction of sp³-hybridized carbons (Fsp3) is 0.462. The van der Waals surface area contributed by atoms with E-state index in [0.717, 1.165) is 30.0 Å². The van der Waals surface area contributed by atoms with E-state index >= 15 is 0 Å². The fourth-order valence-corrected chi connectivity index (χ4v) is 2.15. The summed E-state index contributed by atoms with van der Waals surface area (Å²) < 4.78 is 1.93. The monoisotopic (exact) mass is 260 g/mol. The molecule has 2 aromatic heterocycles. The summed E-state index contributed by atoms with van der Waals surface area (Å²) in [4.78, 5) is 8.61. The Labute approximate surface area is 113 Å². The summed E-state index contributed by atoms with van der Waals surface area (Å²) in [6, 6.07) is 3.95. The Balaban J connectivity index is 2.19. The van der Waals surface area contributed by atoms with Crippen LogP contribution in [0.3, 0.4) is 0 Å². The molecule has 0 aliphatic carbocycles. The minimum absolute atomic E-state index is 0.00601. The number of hydrogen-bond acceptors (Lipinski definition) is 5. The van der Waals surface area contributed by atoms with Gasteiger partial charge in [0.2, 0.25) is 0 Å². The van der Waals surface area contributed by atoms with E-state index in [2.05, 4.69) is 27.4 Å². The number of aromatic nitrogens is 4. The second-order valence-electron chi connectivity index (χ2n) is 4.50. The number of hydrazine groups is 1. The molecule has 0 saturated heterocycles. The summed E-state index contributed by atoms with van der Waals surface area (Å²) in [5.41, 5.74) is 4.92. The molecule has 1 atom stereocenters.